The highest BCUT2D eigenvalue weighted by Crippen LogP contribution is 2.47. The molecule has 1 atom stereocenters. The van der Waals surface area contributed by atoms with Crippen LogP contribution in [0.3, 0.4) is 0 Å². The maximum atomic E-state index is 6.39. The van der Waals surface area contributed by atoms with E-state index in [2.05, 4.69) is 76.0 Å². The van der Waals surface area contributed by atoms with Gasteiger partial charge in [-0.15, -0.1) is 0 Å². The van der Waals surface area contributed by atoms with Crippen LogP contribution in [0.25, 0.3) is 6.08 Å². The summed E-state index contributed by atoms with van der Waals surface area (Å²) in [6.45, 7) is 11.2. The van der Waals surface area contributed by atoms with Crippen molar-refractivity contribution in [3.05, 3.63) is 65.5 Å². The number of fused-ring (bicyclic) bond motifs is 1. The Balaban J connectivity index is 1.96. The zero-order chi connectivity index (χ0) is 16.7. The fourth-order valence-corrected chi connectivity index (χ4v) is 3.14. The standard InChI is InChI=1S/C21H25NO/c1-20(2,3)16-9-6-10-17-19(16)23-18(21(17,4)5)12-11-15-8-7-13-22-14-15/h6-14,18H,1-5H3. The molecule has 2 nitrogen and oxygen atoms in total. The van der Waals surface area contributed by atoms with Crippen LogP contribution in [0.1, 0.15) is 51.3 Å². The van der Waals surface area contributed by atoms with Gasteiger partial charge in [-0.25, -0.2) is 0 Å². The topological polar surface area (TPSA) is 22.1 Å². The fraction of sp³-hybridized carbons (Fsp3) is 0.381. The van der Waals surface area contributed by atoms with Gasteiger partial charge in [0.2, 0.25) is 0 Å². The molecule has 0 radical (unpaired) electrons. The highest BCUT2D eigenvalue weighted by Gasteiger charge is 2.42. The van der Waals surface area contributed by atoms with Gasteiger partial charge in [0.05, 0.1) is 0 Å². The number of hydrogen-bond donors (Lipinski definition) is 0. The molecule has 1 aliphatic rings. The number of aromatic nitrogens is 1. The van der Waals surface area contributed by atoms with E-state index in [1.165, 1.54) is 11.1 Å². The molecule has 0 fully saturated rings. The molecule has 2 heterocycles. The lowest BCUT2D eigenvalue weighted by Gasteiger charge is -2.23. The molecule has 2 heteroatoms. The summed E-state index contributed by atoms with van der Waals surface area (Å²) in [4.78, 5) is 4.16. The summed E-state index contributed by atoms with van der Waals surface area (Å²) in [6, 6.07) is 10.5. The molecule has 0 amide bonds. The normalized spacial score (nSPS) is 19.6. The first-order valence-electron chi connectivity index (χ1n) is 8.19. The number of hydrogen-bond acceptors (Lipinski definition) is 2. The van der Waals surface area contributed by atoms with Crippen molar-refractivity contribution >= 4 is 6.08 Å². The summed E-state index contributed by atoms with van der Waals surface area (Å²) in [6.07, 6.45) is 7.94. The molecule has 0 bridgehead atoms. The Morgan fingerprint density at radius 3 is 2.57 bits per heavy atom. The third-order valence-electron chi connectivity index (χ3n) is 4.62. The minimum atomic E-state index is -0.0463. The average Bonchev–Trinajstić information content (AvgIpc) is 2.76. The molecular weight excluding hydrogens is 282 g/mol. The number of ether oxygens (including phenoxy) is 1. The first kappa shape index (κ1) is 15.8. The van der Waals surface area contributed by atoms with Gasteiger partial charge in [-0.3, -0.25) is 4.98 Å². The molecule has 23 heavy (non-hydrogen) atoms. The van der Waals surface area contributed by atoms with Crippen LogP contribution >= 0.6 is 0 Å². The SMILES string of the molecule is CC(C)(C)c1cccc2c1OC(C=Cc1cccnc1)C2(C)C. The van der Waals surface area contributed by atoms with Crippen LogP contribution in [-0.2, 0) is 10.8 Å². The van der Waals surface area contributed by atoms with Crippen molar-refractivity contribution in [1.29, 1.82) is 0 Å². The van der Waals surface area contributed by atoms with E-state index in [0.717, 1.165) is 11.3 Å². The van der Waals surface area contributed by atoms with Crippen molar-refractivity contribution in [3.63, 3.8) is 0 Å². The van der Waals surface area contributed by atoms with E-state index in [4.69, 9.17) is 4.74 Å². The van der Waals surface area contributed by atoms with Crippen molar-refractivity contribution in [2.75, 3.05) is 0 Å². The van der Waals surface area contributed by atoms with Crippen LogP contribution in [0.2, 0.25) is 0 Å². The third-order valence-corrected chi connectivity index (χ3v) is 4.62. The van der Waals surface area contributed by atoms with Crippen LogP contribution in [-0.4, -0.2) is 11.1 Å². The van der Waals surface area contributed by atoms with Crippen molar-refractivity contribution < 1.29 is 4.74 Å². The second kappa shape index (κ2) is 5.52. The van der Waals surface area contributed by atoms with Gasteiger partial charge >= 0.3 is 0 Å². The highest BCUT2D eigenvalue weighted by molar-refractivity contribution is 5.55. The predicted molar refractivity (Wildman–Crippen MR) is 95.9 cm³/mol. The average molecular weight is 307 g/mol. The quantitative estimate of drug-likeness (QED) is 0.767. The minimum Gasteiger partial charge on any atom is -0.485 e. The first-order valence-corrected chi connectivity index (χ1v) is 8.19. The number of rotatable bonds is 2. The number of benzene rings is 1. The minimum absolute atomic E-state index is 0.0289. The zero-order valence-corrected chi connectivity index (χ0v) is 14.6. The lowest BCUT2D eigenvalue weighted by Crippen LogP contribution is -2.30. The van der Waals surface area contributed by atoms with Gasteiger partial charge in [0, 0.05) is 23.4 Å². The summed E-state index contributed by atoms with van der Waals surface area (Å²) in [5.41, 5.74) is 3.70. The van der Waals surface area contributed by atoms with E-state index in [9.17, 15) is 0 Å². The van der Waals surface area contributed by atoms with Crippen LogP contribution in [0.15, 0.2) is 48.8 Å². The van der Waals surface area contributed by atoms with Crippen molar-refractivity contribution in [1.82, 2.24) is 4.98 Å². The van der Waals surface area contributed by atoms with Gasteiger partial charge in [-0.05, 0) is 28.7 Å². The first-order chi connectivity index (χ1) is 10.8. The maximum Gasteiger partial charge on any atom is 0.127 e. The molecule has 0 saturated heterocycles. The maximum absolute atomic E-state index is 6.39. The third kappa shape index (κ3) is 2.90. The summed E-state index contributed by atoms with van der Waals surface area (Å²) >= 11 is 0. The Morgan fingerprint density at radius 2 is 1.91 bits per heavy atom. The van der Waals surface area contributed by atoms with Crippen LogP contribution in [0, 0.1) is 0 Å². The molecule has 1 aromatic carbocycles. The molecule has 1 aromatic heterocycles. The number of para-hydroxylation sites is 1. The van der Waals surface area contributed by atoms with Gasteiger partial charge in [-0.2, -0.15) is 0 Å². The number of pyridine rings is 1. The van der Waals surface area contributed by atoms with Gasteiger partial charge < -0.3 is 4.74 Å². The fourth-order valence-electron chi connectivity index (χ4n) is 3.14. The molecule has 2 aromatic rings. The second-order valence-corrected chi connectivity index (χ2v) is 7.84. The molecule has 1 aliphatic heterocycles. The smallest absolute Gasteiger partial charge is 0.127 e. The van der Waals surface area contributed by atoms with Gasteiger partial charge in [0.25, 0.3) is 0 Å². The van der Waals surface area contributed by atoms with E-state index in [1.54, 1.807) is 6.20 Å². The van der Waals surface area contributed by atoms with Crippen molar-refractivity contribution in [3.8, 4) is 5.75 Å². The summed E-state index contributed by atoms with van der Waals surface area (Å²) < 4.78 is 6.39. The number of nitrogens with zero attached hydrogens (tertiary/aromatic N) is 1. The Kier molecular flexibility index (Phi) is 3.79. The predicted octanol–water partition coefficient (Wildman–Crippen LogP) is 5.13. The van der Waals surface area contributed by atoms with Crippen LogP contribution in [0.4, 0.5) is 0 Å². The van der Waals surface area contributed by atoms with Crippen LogP contribution in [0.5, 0.6) is 5.75 Å². The molecular formula is C21H25NO. The van der Waals surface area contributed by atoms with Gasteiger partial charge in [-0.1, -0.05) is 65.0 Å². The van der Waals surface area contributed by atoms with E-state index in [0.29, 0.717) is 0 Å². The highest BCUT2D eigenvalue weighted by atomic mass is 16.5. The summed E-state index contributed by atoms with van der Waals surface area (Å²) in [5.74, 6) is 1.06. The molecule has 0 saturated carbocycles. The largest absolute Gasteiger partial charge is 0.485 e. The lowest BCUT2D eigenvalue weighted by atomic mass is 9.78. The Bertz CT molecular complexity index is 723. The second-order valence-electron chi connectivity index (χ2n) is 7.84. The molecule has 3 rings (SSSR count). The van der Waals surface area contributed by atoms with Crippen LogP contribution < -0.4 is 4.74 Å². The molecule has 120 valence electrons. The monoisotopic (exact) mass is 307 g/mol. The molecule has 1 unspecified atom stereocenters. The molecule has 0 spiro atoms. The van der Waals surface area contributed by atoms with Gasteiger partial charge in [0.1, 0.15) is 11.9 Å². The van der Waals surface area contributed by atoms with E-state index >= 15 is 0 Å². The Hall–Kier alpha value is -2.09. The van der Waals surface area contributed by atoms with E-state index < -0.39 is 0 Å². The van der Waals surface area contributed by atoms with Gasteiger partial charge in [0.15, 0.2) is 0 Å². The molecule has 0 aliphatic carbocycles. The summed E-state index contributed by atoms with van der Waals surface area (Å²) in [7, 11) is 0. The molecule has 0 N–H and O–H groups in total. The Labute approximate surface area is 139 Å². The Morgan fingerprint density at radius 1 is 1.13 bits per heavy atom. The van der Waals surface area contributed by atoms with Crippen molar-refractivity contribution in [2.24, 2.45) is 0 Å². The van der Waals surface area contributed by atoms with Crippen molar-refractivity contribution in [2.45, 2.75) is 51.6 Å². The van der Waals surface area contributed by atoms with E-state index in [1.807, 2.05) is 12.3 Å². The van der Waals surface area contributed by atoms with E-state index in [-0.39, 0.29) is 16.9 Å². The lowest BCUT2D eigenvalue weighted by molar-refractivity contribution is 0.212. The summed E-state index contributed by atoms with van der Waals surface area (Å²) in [5, 5.41) is 0. The zero-order valence-electron chi connectivity index (χ0n) is 14.6.